The molecule has 0 aromatic carbocycles. The van der Waals surface area contributed by atoms with E-state index in [0.717, 1.165) is 12.8 Å². The third kappa shape index (κ3) is 6.29. The fourth-order valence-corrected chi connectivity index (χ4v) is 1.58. The molecule has 0 fully saturated rings. The van der Waals surface area contributed by atoms with Crippen LogP contribution in [-0.2, 0) is 0 Å². The molecule has 92 valence electrons. The van der Waals surface area contributed by atoms with Crippen LogP contribution in [0.1, 0.15) is 32.1 Å². The smallest absolute Gasteiger partial charge is 0.218 e. The maximum Gasteiger partial charge on any atom is 0.218 e. The second kappa shape index (κ2) is 7.98. The van der Waals surface area contributed by atoms with Gasteiger partial charge in [-0.15, -0.1) is 12.4 Å². The Bertz CT molecular complexity index is 292. The summed E-state index contributed by atoms with van der Waals surface area (Å²) in [6, 6.07) is 0. The zero-order valence-corrected chi connectivity index (χ0v) is 10.2. The van der Waals surface area contributed by atoms with Crippen LogP contribution in [0.2, 0.25) is 0 Å². The molecular formula is C10H20ClN5. The van der Waals surface area contributed by atoms with E-state index in [1.165, 1.54) is 24.8 Å². The average Bonchev–Trinajstić information content (AvgIpc) is 2.41. The average molecular weight is 246 g/mol. The lowest BCUT2D eigenvalue weighted by Crippen LogP contribution is -2.26. The van der Waals surface area contributed by atoms with E-state index in [9.17, 15) is 0 Å². The SMILES string of the molecule is Cl.NC(N)=NC(N)=NCC1=CCCCCC1. The van der Waals surface area contributed by atoms with Gasteiger partial charge in [0, 0.05) is 0 Å². The minimum Gasteiger partial charge on any atom is -0.370 e. The second-order valence-electron chi connectivity index (χ2n) is 3.67. The van der Waals surface area contributed by atoms with Gasteiger partial charge in [-0.05, 0) is 25.7 Å². The first-order valence-electron chi connectivity index (χ1n) is 5.26. The van der Waals surface area contributed by atoms with Crippen molar-refractivity contribution >= 4 is 24.3 Å². The molecule has 0 bridgehead atoms. The van der Waals surface area contributed by atoms with Gasteiger partial charge in [-0.25, -0.2) is 4.99 Å². The Morgan fingerprint density at radius 2 is 1.94 bits per heavy atom. The molecule has 0 saturated carbocycles. The normalized spacial score (nSPS) is 16.8. The Balaban J connectivity index is 0.00000225. The van der Waals surface area contributed by atoms with Crippen molar-refractivity contribution in [3.8, 4) is 0 Å². The lowest BCUT2D eigenvalue weighted by atomic mass is 10.1. The molecule has 0 unspecified atom stereocenters. The van der Waals surface area contributed by atoms with Crippen molar-refractivity contribution in [3.63, 3.8) is 0 Å². The minimum atomic E-state index is -0.0499. The topological polar surface area (TPSA) is 103 Å². The summed E-state index contributed by atoms with van der Waals surface area (Å²) in [7, 11) is 0. The van der Waals surface area contributed by atoms with E-state index in [2.05, 4.69) is 16.1 Å². The summed E-state index contributed by atoms with van der Waals surface area (Å²) < 4.78 is 0. The quantitative estimate of drug-likeness (QED) is 0.382. The van der Waals surface area contributed by atoms with Gasteiger partial charge in [0.15, 0.2) is 5.96 Å². The van der Waals surface area contributed by atoms with Gasteiger partial charge in [0.1, 0.15) is 0 Å². The van der Waals surface area contributed by atoms with E-state index in [1.54, 1.807) is 0 Å². The zero-order chi connectivity index (χ0) is 11.1. The van der Waals surface area contributed by atoms with E-state index in [1.807, 2.05) is 0 Å². The Hall–Kier alpha value is -1.23. The lowest BCUT2D eigenvalue weighted by Gasteiger charge is -2.01. The maximum atomic E-state index is 5.51. The molecule has 0 saturated heterocycles. The summed E-state index contributed by atoms with van der Waals surface area (Å²) in [5.41, 5.74) is 17.2. The molecular weight excluding hydrogens is 226 g/mol. The van der Waals surface area contributed by atoms with Crippen molar-refractivity contribution in [3.05, 3.63) is 11.6 Å². The van der Waals surface area contributed by atoms with Crippen LogP contribution < -0.4 is 17.2 Å². The summed E-state index contributed by atoms with van der Waals surface area (Å²) in [6.07, 6.45) is 8.32. The van der Waals surface area contributed by atoms with Gasteiger partial charge in [-0.1, -0.05) is 18.1 Å². The van der Waals surface area contributed by atoms with Crippen LogP contribution in [0.25, 0.3) is 0 Å². The van der Waals surface area contributed by atoms with Crippen LogP contribution in [-0.4, -0.2) is 18.5 Å². The highest BCUT2D eigenvalue weighted by Crippen LogP contribution is 2.16. The van der Waals surface area contributed by atoms with E-state index in [-0.39, 0.29) is 24.3 Å². The fourth-order valence-electron chi connectivity index (χ4n) is 1.58. The van der Waals surface area contributed by atoms with Crippen LogP contribution in [0.3, 0.4) is 0 Å². The Morgan fingerprint density at radius 1 is 1.19 bits per heavy atom. The highest BCUT2D eigenvalue weighted by molar-refractivity contribution is 5.92. The van der Waals surface area contributed by atoms with Crippen LogP contribution >= 0.6 is 12.4 Å². The van der Waals surface area contributed by atoms with Gasteiger partial charge in [-0.2, -0.15) is 4.99 Å². The minimum absolute atomic E-state index is 0. The molecule has 0 amide bonds. The molecule has 0 aliphatic heterocycles. The van der Waals surface area contributed by atoms with E-state index in [4.69, 9.17) is 17.2 Å². The predicted octanol–water partition coefficient (Wildman–Crippen LogP) is 0.887. The molecule has 0 aromatic rings. The monoisotopic (exact) mass is 245 g/mol. The van der Waals surface area contributed by atoms with Crippen LogP contribution in [0.15, 0.2) is 21.6 Å². The molecule has 0 aromatic heterocycles. The third-order valence-corrected chi connectivity index (χ3v) is 2.32. The third-order valence-electron chi connectivity index (χ3n) is 2.32. The van der Waals surface area contributed by atoms with Gasteiger partial charge < -0.3 is 17.2 Å². The van der Waals surface area contributed by atoms with Crippen LogP contribution in [0.5, 0.6) is 0 Å². The van der Waals surface area contributed by atoms with Crippen LogP contribution in [0, 0.1) is 0 Å². The predicted molar refractivity (Wildman–Crippen MR) is 70.7 cm³/mol. The first kappa shape index (κ1) is 14.8. The largest absolute Gasteiger partial charge is 0.370 e. The summed E-state index contributed by atoms with van der Waals surface area (Å²) in [6.45, 7) is 0.614. The Labute approximate surface area is 102 Å². The van der Waals surface area contributed by atoms with Crippen LogP contribution in [0.4, 0.5) is 0 Å². The summed E-state index contributed by atoms with van der Waals surface area (Å²) in [5.74, 6) is 0.103. The second-order valence-corrected chi connectivity index (χ2v) is 3.67. The lowest BCUT2D eigenvalue weighted by molar-refractivity contribution is 0.708. The van der Waals surface area contributed by atoms with Crippen molar-refractivity contribution < 1.29 is 0 Å². The summed E-state index contributed by atoms with van der Waals surface area (Å²) in [4.78, 5) is 7.77. The Morgan fingerprint density at radius 3 is 2.62 bits per heavy atom. The zero-order valence-electron chi connectivity index (χ0n) is 9.35. The van der Waals surface area contributed by atoms with E-state index in [0.29, 0.717) is 6.54 Å². The number of hydrogen-bond acceptors (Lipinski definition) is 1. The molecule has 5 nitrogen and oxygen atoms in total. The highest BCUT2D eigenvalue weighted by Gasteiger charge is 2.01. The first-order valence-corrected chi connectivity index (χ1v) is 5.26. The number of guanidine groups is 2. The molecule has 0 atom stereocenters. The van der Waals surface area contributed by atoms with Gasteiger partial charge >= 0.3 is 0 Å². The summed E-state index contributed by atoms with van der Waals surface area (Å²) in [5, 5.41) is 0. The molecule has 6 heteroatoms. The van der Waals surface area contributed by atoms with Gasteiger partial charge in [0.05, 0.1) is 6.54 Å². The van der Waals surface area contributed by atoms with E-state index >= 15 is 0 Å². The Kier molecular flexibility index (Phi) is 7.37. The fraction of sp³-hybridized carbons (Fsp3) is 0.600. The standard InChI is InChI=1S/C10H19N5.ClH/c11-9(12)15-10(13)14-7-8-5-3-1-2-4-6-8;/h5H,1-4,6-7H2,(H6,11,12,13,14,15);1H. The molecule has 0 radical (unpaired) electrons. The number of allylic oxidation sites excluding steroid dienone is 1. The number of rotatable bonds is 2. The maximum absolute atomic E-state index is 5.51. The van der Waals surface area contributed by atoms with Gasteiger partial charge in [0.25, 0.3) is 0 Å². The van der Waals surface area contributed by atoms with E-state index < -0.39 is 0 Å². The molecule has 0 heterocycles. The molecule has 1 aliphatic carbocycles. The van der Waals surface area contributed by atoms with Crippen molar-refractivity contribution in [2.45, 2.75) is 32.1 Å². The first-order chi connectivity index (χ1) is 7.18. The number of aliphatic imine (C=N–C) groups is 2. The molecule has 0 spiro atoms. The van der Waals surface area contributed by atoms with Gasteiger partial charge in [0.2, 0.25) is 5.96 Å². The van der Waals surface area contributed by atoms with Crippen molar-refractivity contribution in [1.29, 1.82) is 0 Å². The molecule has 1 aliphatic rings. The van der Waals surface area contributed by atoms with Crippen molar-refractivity contribution in [2.24, 2.45) is 27.2 Å². The molecule has 16 heavy (non-hydrogen) atoms. The summed E-state index contributed by atoms with van der Waals surface area (Å²) >= 11 is 0. The number of halogens is 1. The molecule has 1 rings (SSSR count). The number of hydrogen-bond donors (Lipinski definition) is 3. The highest BCUT2D eigenvalue weighted by atomic mass is 35.5. The van der Waals surface area contributed by atoms with Crippen molar-refractivity contribution in [2.75, 3.05) is 6.54 Å². The van der Waals surface area contributed by atoms with Gasteiger partial charge in [-0.3, -0.25) is 0 Å². The number of nitrogens with two attached hydrogens (primary N) is 3. The number of nitrogens with zero attached hydrogens (tertiary/aromatic N) is 2. The molecule has 6 N–H and O–H groups in total. The van der Waals surface area contributed by atoms with Crippen molar-refractivity contribution in [1.82, 2.24) is 0 Å².